The maximum absolute atomic E-state index is 5.26. The van der Waals surface area contributed by atoms with Gasteiger partial charge in [-0.3, -0.25) is 0 Å². The van der Waals surface area contributed by atoms with Crippen molar-refractivity contribution >= 4 is 11.5 Å². The minimum Gasteiger partial charge on any atom is -0.497 e. The molecular weight excluding hydrogens is 364 g/mol. The van der Waals surface area contributed by atoms with Crippen LogP contribution < -0.4 is 10.1 Å². The zero-order valence-electron chi connectivity index (χ0n) is 16.5. The number of benzene rings is 1. The molecule has 1 N–H and O–H groups in total. The van der Waals surface area contributed by atoms with E-state index in [1.165, 1.54) is 11.3 Å². The van der Waals surface area contributed by atoms with E-state index < -0.39 is 0 Å². The van der Waals surface area contributed by atoms with E-state index in [9.17, 15) is 0 Å². The van der Waals surface area contributed by atoms with Crippen molar-refractivity contribution in [1.29, 1.82) is 0 Å². The van der Waals surface area contributed by atoms with Gasteiger partial charge >= 0.3 is 0 Å². The lowest BCUT2D eigenvalue weighted by atomic mass is 10.1. The van der Waals surface area contributed by atoms with Gasteiger partial charge in [0.15, 0.2) is 5.65 Å². The van der Waals surface area contributed by atoms with E-state index in [-0.39, 0.29) is 0 Å². The Morgan fingerprint density at radius 1 is 1.17 bits per heavy atom. The van der Waals surface area contributed by atoms with Crippen LogP contribution in [0.25, 0.3) is 16.9 Å². The Morgan fingerprint density at radius 2 is 2.07 bits per heavy atom. The third-order valence-corrected chi connectivity index (χ3v) is 5.46. The summed E-state index contributed by atoms with van der Waals surface area (Å²) in [5.41, 5.74) is 5.39. The highest BCUT2D eigenvalue weighted by Crippen LogP contribution is 2.30. The van der Waals surface area contributed by atoms with E-state index in [0.29, 0.717) is 0 Å². The van der Waals surface area contributed by atoms with Crippen LogP contribution in [0.5, 0.6) is 5.75 Å². The number of imidazole rings is 1. The predicted molar refractivity (Wildman–Crippen MR) is 112 cm³/mol. The molecule has 1 aromatic carbocycles. The molecular formula is C22H24N6O. The summed E-state index contributed by atoms with van der Waals surface area (Å²) >= 11 is 0. The molecule has 1 aliphatic carbocycles. The van der Waals surface area contributed by atoms with Gasteiger partial charge in [0.05, 0.1) is 19.1 Å². The minimum absolute atomic E-state index is 0.842. The van der Waals surface area contributed by atoms with Gasteiger partial charge in [0.25, 0.3) is 0 Å². The molecule has 3 heterocycles. The molecule has 0 saturated carbocycles. The quantitative estimate of drug-likeness (QED) is 0.490. The van der Waals surface area contributed by atoms with Crippen LogP contribution in [0.1, 0.15) is 24.1 Å². The second-order valence-electron chi connectivity index (χ2n) is 7.35. The normalized spacial score (nSPS) is 13.0. The van der Waals surface area contributed by atoms with Gasteiger partial charge in [-0.05, 0) is 49.9 Å². The Morgan fingerprint density at radius 3 is 2.86 bits per heavy atom. The number of fused-ring (bicyclic) bond motifs is 2. The molecule has 0 spiro atoms. The summed E-state index contributed by atoms with van der Waals surface area (Å²) in [5, 5.41) is 8.52. The van der Waals surface area contributed by atoms with Crippen LogP contribution in [0.15, 0.2) is 49.1 Å². The topological polar surface area (TPSA) is 69.3 Å². The van der Waals surface area contributed by atoms with Gasteiger partial charge in [-0.2, -0.15) is 9.61 Å². The van der Waals surface area contributed by atoms with Crippen LogP contribution in [0, 0.1) is 0 Å². The molecule has 4 aromatic rings. The summed E-state index contributed by atoms with van der Waals surface area (Å²) in [4.78, 5) is 8.99. The van der Waals surface area contributed by atoms with E-state index in [2.05, 4.69) is 20.9 Å². The highest BCUT2D eigenvalue weighted by atomic mass is 16.5. The first-order valence-electron chi connectivity index (χ1n) is 10.1. The van der Waals surface area contributed by atoms with Gasteiger partial charge in [-0.1, -0.05) is 0 Å². The maximum Gasteiger partial charge on any atom is 0.158 e. The summed E-state index contributed by atoms with van der Waals surface area (Å²) in [6.45, 7) is 1.82. The molecule has 5 rings (SSSR count). The van der Waals surface area contributed by atoms with E-state index in [1.54, 1.807) is 7.11 Å². The van der Waals surface area contributed by atoms with Crippen LogP contribution in [0.2, 0.25) is 0 Å². The Bertz CT molecular complexity index is 1110. The largest absolute Gasteiger partial charge is 0.497 e. The molecule has 148 valence electrons. The van der Waals surface area contributed by atoms with Crippen molar-refractivity contribution in [2.45, 2.75) is 32.2 Å². The second-order valence-corrected chi connectivity index (χ2v) is 7.35. The number of rotatable bonds is 7. The Balaban J connectivity index is 1.43. The molecule has 0 aliphatic heterocycles. The number of aromatic nitrogens is 5. The molecule has 3 aromatic heterocycles. The van der Waals surface area contributed by atoms with Gasteiger partial charge in [0.2, 0.25) is 0 Å². The van der Waals surface area contributed by atoms with Gasteiger partial charge < -0.3 is 14.6 Å². The van der Waals surface area contributed by atoms with Gasteiger partial charge in [-0.15, -0.1) is 0 Å². The van der Waals surface area contributed by atoms with Crippen molar-refractivity contribution in [3.05, 3.63) is 60.3 Å². The molecule has 0 saturated heterocycles. The predicted octanol–water partition coefficient (Wildman–Crippen LogP) is 3.59. The summed E-state index contributed by atoms with van der Waals surface area (Å²) in [6.07, 6.45) is 9.94. The molecule has 7 nitrogen and oxygen atoms in total. The Kier molecular flexibility index (Phi) is 4.63. The van der Waals surface area contributed by atoms with E-state index in [0.717, 1.165) is 67.2 Å². The highest BCUT2D eigenvalue weighted by molar-refractivity contribution is 5.67. The van der Waals surface area contributed by atoms with E-state index >= 15 is 0 Å². The molecule has 7 heteroatoms. The number of methoxy groups -OCH3 is 1. The Hall–Kier alpha value is -3.35. The molecule has 0 bridgehead atoms. The lowest BCUT2D eigenvalue weighted by molar-refractivity contribution is 0.415. The number of hydrogen-bond donors (Lipinski definition) is 1. The lowest BCUT2D eigenvalue weighted by Crippen LogP contribution is -2.12. The van der Waals surface area contributed by atoms with Crippen LogP contribution in [-0.4, -0.2) is 37.8 Å². The smallest absolute Gasteiger partial charge is 0.158 e. The number of nitrogens with zero attached hydrogens (tertiary/aromatic N) is 5. The van der Waals surface area contributed by atoms with Crippen molar-refractivity contribution in [1.82, 2.24) is 24.1 Å². The monoisotopic (exact) mass is 388 g/mol. The first-order valence-corrected chi connectivity index (χ1v) is 10.1. The molecule has 0 unspecified atom stereocenters. The highest BCUT2D eigenvalue weighted by Gasteiger charge is 2.21. The van der Waals surface area contributed by atoms with Crippen molar-refractivity contribution < 1.29 is 4.74 Å². The standard InChI is InChI=1S/C22H24N6O/c1-29-17-8-6-16(7-9-17)20-14-21-25-19-5-2-4-18(19)22(28(21)26-20)24-10-3-12-27-13-11-23-15-27/h6-9,11,13-15,24H,2-5,10,12H2,1H3. The molecule has 29 heavy (non-hydrogen) atoms. The SMILES string of the molecule is COc1ccc(-c2cc3nc4c(c(NCCCn5ccnc5)n3n2)CCC4)cc1. The van der Waals surface area contributed by atoms with Gasteiger partial charge in [0, 0.05) is 48.4 Å². The average Bonchev–Trinajstić information content (AvgIpc) is 3.50. The van der Waals surface area contributed by atoms with E-state index in [1.807, 2.05) is 47.5 Å². The maximum atomic E-state index is 5.26. The zero-order chi connectivity index (χ0) is 19.6. The lowest BCUT2D eigenvalue weighted by Gasteiger charge is -2.13. The number of anilines is 1. The van der Waals surface area contributed by atoms with Crippen molar-refractivity contribution in [3.63, 3.8) is 0 Å². The van der Waals surface area contributed by atoms with Gasteiger partial charge in [0.1, 0.15) is 11.6 Å². The summed E-state index contributed by atoms with van der Waals surface area (Å²) in [7, 11) is 1.68. The third kappa shape index (κ3) is 3.44. The summed E-state index contributed by atoms with van der Waals surface area (Å²) in [5.74, 6) is 1.93. The van der Waals surface area contributed by atoms with Crippen molar-refractivity contribution in [3.8, 4) is 17.0 Å². The number of ether oxygens (including phenoxy) is 1. The van der Waals surface area contributed by atoms with Crippen molar-refractivity contribution in [2.75, 3.05) is 19.0 Å². The fourth-order valence-electron chi connectivity index (χ4n) is 3.96. The van der Waals surface area contributed by atoms with Gasteiger partial charge in [-0.25, -0.2) is 9.97 Å². The fourth-order valence-corrected chi connectivity index (χ4v) is 3.96. The van der Waals surface area contributed by atoms with Crippen LogP contribution in [0.4, 0.5) is 5.82 Å². The summed E-state index contributed by atoms with van der Waals surface area (Å²) < 4.78 is 9.34. The molecule has 0 radical (unpaired) electrons. The molecule has 0 fully saturated rings. The van der Waals surface area contributed by atoms with Crippen LogP contribution in [0.3, 0.4) is 0 Å². The first kappa shape index (κ1) is 17.7. The molecule has 0 amide bonds. The Labute approximate surface area is 169 Å². The van der Waals surface area contributed by atoms with E-state index in [4.69, 9.17) is 14.8 Å². The number of hydrogen-bond acceptors (Lipinski definition) is 5. The zero-order valence-corrected chi connectivity index (χ0v) is 16.5. The summed E-state index contributed by atoms with van der Waals surface area (Å²) in [6, 6.07) is 10.1. The average molecular weight is 388 g/mol. The first-order chi connectivity index (χ1) is 14.3. The second kappa shape index (κ2) is 7.58. The van der Waals surface area contributed by atoms with Crippen LogP contribution in [-0.2, 0) is 19.4 Å². The number of nitrogens with one attached hydrogen (secondary N) is 1. The third-order valence-electron chi connectivity index (χ3n) is 5.46. The molecule has 0 atom stereocenters. The number of aryl methyl sites for hydroxylation is 2. The van der Waals surface area contributed by atoms with Crippen LogP contribution >= 0.6 is 0 Å². The fraction of sp³-hybridized carbons (Fsp3) is 0.318. The minimum atomic E-state index is 0.842. The van der Waals surface area contributed by atoms with Crippen molar-refractivity contribution in [2.24, 2.45) is 0 Å². The molecule has 1 aliphatic rings.